The maximum Gasteiger partial charge on any atom is 0.0527 e. The number of nitrogens with one attached hydrogen (secondary N) is 1. The molecule has 1 aromatic heterocycles. The molecule has 3 nitrogen and oxygen atoms in total. The van der Waals surface area contributed by atoms with Gasteiger partial charge in [0.05, 0.1) is 5.69 Å². The van der Waals surface area contributed by atoms with Crippen molar-refractivity contribution in [2.75, 3.05) is 12.3 Å². The van der Waals surface area contributed by atoms with Crippen molar-refractivity contribution in [3.05, 3.63) is 17.5 Å². The van der Waals surface area contributed by atoms with Gasteiger partial charge in [-0.3, -0.25) is 0 Å². The quantitative estimate of drug-likeness (QED) is 0.663. The molecule has 0 radical (unpaired) electrons. The Bertz CT molecular complexity index is 266. The lowest BCUT2D eigenvalue weighted by atomic mass is 10.1. The zero-order chi connectivity index (χ0) is 9.84. The van der Waals surface area contributed by atoms with E-state index in [9.17, 15) is 0 Å². The Morgan fingerprint density at radius 2 is 2.23 bits per heavy atom. The van der Waals surface area contributed by atoms with Crippen molar-refractivity contribution < 1.29 is 5.11 Å². The summed E-state index contributed by atoms with van der Waals surface area (Å²) in [7, 11) is 0. The summed E-state index contributed by atoms with van der Waals surface area (Å²) in [5, 5.41) is 8.68. The SMILES string of the molecule is CC(C)c1cc(N)c(CCCO)[nH]1. The van der Waals surface area contributed by atoms with E-state index in [1.165, 1.54) is 5.69 Å². The average Bonchev–Trinajstić information content (AvgIpc) is 2.44. The third-order valence-electron chi connectivity index (χ3n) is 2.16. The van der Waals surface area contributed by atoms with Crippen molar-refractivity contribution in [3.8, 4) is 0 Å². The number of aromatic amines is 1. The van der Waals surface area contributed by atoms with Gasteiger partial charge in [0.1, 0.15) is 0 Å². The van der Waals surface area contributed by atoms with E-state index in [2.05, 4.69) is 18.8 Å². The second kappa shape index (κ2) is 4.33. The second-order valence-electron chi connectivity index (χ2n) is 3.64. The van der Waals surface area contributed by atoms with Crippen molar-refractivity contribution in [3.63, 3.8) is 0 Å². The first-order valence-electron chi connectivity index (χ1n) is 4.73. The van der Waals surface area contributed by atoms with Crippen LogP contribution in [0.25, 0.3) is 0 Å². The van der Waals surface area contributed by atoms with Crippen LogP contribution in [-0.4, -0.2) is 16.7 Å². The van der Waals surface area contributed by atoms with Gasteiger partial charge in [-0.2, -0.15) is 0 Å². The second-order valence-corrected chi connectivity index (χ2v) is 3.64. The third kappa shape index (κ3) is 2.49. The van der Waals surface area contributed by atoms with Crippen LogP contribution in [0.5, 0.6) is 0 Å². The van der Waals surface area contributed by atoms with Crippen LogP contribution in [0.3, 0.4) is 0 Å². The predicted octanol–water partition coefficient (Wildman–Crippen LogP) is 1.65. The number of nitrogen functional groups attached to an aromatic ring is 1. The van der Waals surface area contributed by atoms with Crippen molar-refractivity contribution in [2.45, 2.75) is 32.6 Å². The number of aliphatic hydroxyl groups excluding tert-OH is 1. The van der Waals surface area contributed by atoms with E-state index in [4.69, 9.17) is 10.8 Å². The van der Waals surface area contributed by atoms with Crippen LogP contribution in [0, 0.1) is 0 Å². The summed E-state index contributed by atoms with van der Waals surface area (Å²) in [6, 6.07) is 1.98. The van der Waals surface area contributed by atoms with E-state index in [-0.39, 0.29) is 6.61 Å². The molecule has 0 saturated heterocycles. The topological polar surface area (TPSA) is 62.0 Å². The summed E-state index contributed by atoms with van der Waals surface area (Å²) in [6.45, 7) is 4.47. The Labute approximate surface area is 79.0 Å². The molecule has 0 aliphatic rings. The van der Waals surface area contributed by atoms with Gasteiger partial charge in [0.2, 0.25) is 0 Å². The number of nitrogens with two attached hydrogens (primary N) is 1. The standard InChI is InChI=1S/C10H18N2O/c1-7(2)10-6-8(11)9(12-10)4-3-5-13/h6-7,12-13H,3-5,11H2,1-2H3. The van der Waals surface area contributed by atoms with Crippen molar-refractivity contribution in [1.29, 1.82) is 0 Å². The van der Waals surface area contributed by atoms with E-state index >= 15 is 0 Å². The van der Waals surface area contributed by atoms with Crippen molar-refractivity contribution >= 4 is 5.69 Å². The van der Waals surface area contributed by atoms with Crippen LogP contribution in [0.4, 0.5) is 5.69 Å². The fraction of sp³-hybridized carbons (Fsp3) is 0.600. The molecule has 4 N–H and O–H groups in total. The minimum atomic E-state index is 0.218. The highest BCUT2D eigenvalue weighted by molar-refractivity contribution is 5.46. The van der Waals surface area contributed by atoms with Crippen molar-refractivity contribution in [1.82, 2.24) is 4.98 Å². The molecule has 0 amide bonds. The lowest BCUT2D eigenvalue weighted by Crippen LogP contribution is -1.94. The number of hydrogen-bond donors (Lipinski definition) is 3. The first-order chi connectivity index (χ1) is 6.15. The van der Waals surface area contributed by atoms with Crippen LogP contribution in [0.2, 0.25) is 0 Å². The molecule has 1 aromatic rings. The van der Waals surface area contributed by atoms with Crippen LogP contribution in [-0.2, 0) is 6.42 Å². The number of anilines is 1. The lowest BCUT2D eigenvalue weighted by molar-refractivity contribution is 0.288. The molecule has 0 spiro atoms. The van der Waals surface area contributed by atoms with Gasteiger partial charge < -0.3 is 15.8 Å². The molecule has 13 heavy (non-hydrogen) atoms. The Morgan fingerprint density at radius 1 is 1.54 bits per heavy atom. The highest BCUT2D eigenvalue weighted by Crippen LogP contribution is 2.20. The summed E-state index contributed by atoms with van der Waals surface area (Å²) in [5.41, 5.74) is 8.85. The smallest absolute Gasteiger partial charge is 0.0527 e. The van der Waals surface area contributed by atoms with Gasteiger partial charge in [-0.1, -0.05) is 13.8 Å². The maximum atomic E-state index is 8.68. The highest BCUT2D eigenvalue weighted by Gasteiger charge is 2.07. The number of aliphatic hydroxyl groups is 1. The predicted molar refractivity (Wildman–Crippen MR) is 54.7 cm³/mol. The molecule has 0 saturated carbocycles. The summed E-state index contributed by atoms with van der Waals surface area (Å²) in [5.74, 6) is 0.477. The van der Waals surface area contributed by atoms with E-state index in [0.29, 0.717) is 5.92 Å². The van der Waals surface area contributed by atoms with E-state index in [1.807, 2.05) is 6.07 Å². The molecule has 0 fully saturated rings. The molecule has 74 valence electrons. The van der Waals surface area contributed by atoms with E-state index < -0.39 is 0 Å². The molecule has 0 atom stereocenters. The van der Waals surface area contributed by atoms with E-state index in [1.54, 1.807) is 0 Å². The Hall–Kier alpha value is -0.960. The largest absolute Gasteiger partial charge is 0.397 e. The minimum absolute atomic E-state index is 0.218. The summed E-state index contributed by atoms with van der Waals surface area (Å²) < 4.78 is 0. The van der Waals surface area contributed by atoms with Gasteiger partial charge in [-0.15, -0.1) is 0 Å². The number of H-pyrrole nitrogens is 1. The maximum absolute atomic E-state index is 8.68. The lowest BCUT2D eigenvalue weighted by Gasteiger charge is -2.00. The van der Waals surface area contributed by atoms with Gasteiger partial charge >= 0.3 is 0 Å². The van der Waals surface area contributed by atoms with Gasteiger partial charge in [0, 0.05) is 18.0 Å². The molecule has 0 bridgehead atoms. The number of aromatic nitrogens is 1. The number of aryl methyl sites for hydroxylation is 1. The van der Waals surface area contributed by atoms with Crippen LogP contribution >= 0.6 is 0 Å². The Kier molecular flexibility index (Phi) is 3.37. The monoisotopic (exact) mass is 182 g/mol. The molecule has 0 aromatic carbocycles. The van der Waals surface area contributed by atoms with Gasteiger partial charge in [0.25, 0.3) is 0 Å². The zero-order valence-electron chi connectivity index (χ0n) is 8.30. The molecule has 0 aliphatic heterocycles. The number of rotatable bonds is 4. The summed E-state index contributed by atoms with van der Waals surface area (Å²) in [6.07, 6.45) is 1.59. The van der Waals surface area contributed by atoms with Gasteiger partial charge in [-0.25, -0.2) is 0 Å². The Balaban J connectivity index is 2.71. The van der Waals surface area contributed by atoms with Crippen LogP contribution < -0.4 is 5.73 Å². The van der Waals surface area contributed by atoms with Gasteiger partial charge in [-0.05, 0) is 24.8 Å². The first-order valence-corrected chi connectivity index (χ1v) is 4.73. The first kappa shape index (κ1) is 10.1. The van der Waals surface area contributed by atoms with Crippen LogP contribution in [0.1, 0.15) is 37.6 Å². The zero-order valence-corrected chi connectivity index (χ0v) is 8.30. The molecular formula is C10H18N2O. The average molecular weight is 182 g/mol. The molecule has 1 rings (SSSR count). The normalized spacial score (nSPS) is 11.1. The highest BCUT2D eigenvalue weighted by atomic mass is 16.2. The summed E-state index contributed by atoms with van der Waals surface area (Å²) >= 11 is 0. The van der Waals surface area contributed by atoms with Gasteiger partial charge in [0.15, 0.2) is 0 Å². The molecule has 1 heterocycles. The van der Waals surface area contributed by atoms with Crippen LogP contribution in [0.15, 0.2) is 6.07 Å². The number of hydrogen-bond acceptors (Lipinski definition) is 2. The van der Waals surface area contributed by atoms with Crippen molar-refractivity contribution in [2.24, 2.45) is 0 Å². The third-order valence-corrected chi connectivity index (χ3v) is 2.16. The summed E-state index contributed by atoms with van der Waals surface area (Å²) in [4.78, 5) is 3.28. The fourth-order valence-electron chi connectivity index (χ4n) is 1.31. The molecule has 3 heteroatoms. The fourth-order valence-corrected chi connectivity index (χ4v) is 1.31. The molecular weight excluding hydrogens is 164 g/mol. The Morgan fingerprint density at radius 3 is 2.69 bits per heavy atom. The molecule has 0 aliphatic carbocycles. The minimum Gasteiger partial charge on any atom is -0.397 e. The molecule has 0 unspecified atom stereocenters. The van der Waals surface area contributed by atoms with E-state index in [0.717, 1.165) is 24.2 Å².